The second-order valence-electron chi connectivity index (χ2n) is 5.42. The van der Waals surface area contributed by atoms with Crippen LogP contribution < -0.4 is 22.1 Å². The van der Waals surface area contributed by atoms with Crippen LogP contribution in [0.4, 0.5) is 34.1 Å². The maximum absolute atomic E-state index is 9.83. The van der Waals surface area contributed by atoms with Gasteiger partial charge in [0.15, 0.2) is 0 Å². The highest BCUT2D eigenvalue weighted by atomic mass is 16.3. The lowest BCUT2D eigenvalue weighted by atomic mass is 10.1. The van der Waals surface area contributed by atoms with Crippen molar-refractivity contribution >= 4 is 34.1 Å². The zero-order chi connectivity index (χ0) is 17.3. The van der Waals surface area contributed by atoms with Crippen molar-refractivity contribution in [1.82, 2.24) is 0 Å². The van der Waals surface area contributed by atoms with Crippen LogP contribution in [0.5, 0.6) is 11.5 Å². The number of nitrogens with zero attached hydrogens (tertiary/aromatic N) is 1. The number of hydrogen-bond acceptors (Lipinski definition) is 6. The Morgan fingerprint density at radius 2 is 1.12 bits per heavy atom. The van der Waals surface area contributed by atoms with E-state index in [9.17, 15) is 10.2 Å². The first-order valence-electron chi connectivity index (χ1n) is 7.28. The fourth-order valence-electron chi connectivity index (χ4n) is 2.52. The van der Waals surface area contributed by atoms with Gasteiger partial charge < -0.3 is 32.3 Å². The normalized spacial score (nSPS) is 10.5. The van der Waals surface area contributed by atoms with Crippen LogP contribution in [-0.4, -0.2) is 10.2 Å². The highest BCUT2D eigenvalue weighted by Gasteiger charge is 2.17. The molecule has 0 aliphatic carbocycles. The summed E-state index contributed by atoms with van der Waals surface area (Å²) in [5.74, 6) is 0.222. The van der Waals surface area contributed by atoms with Crippen LogP contribution in [0.2, 0.25) is 0 Å². The van der Waals surface area contributed by atoms with E-state index in [0.717, 1.165) is 0 Å². The quantitative estimate of drug-likeness (QED) is 0.472. The molecule has 0 amide bonds. The zero-order valence-electron chi connectivity index (χ0n) is 12.8. The third-order valence-electron chi connectivity index (χ3n) is 3.65. The van der Waals surface area contributed by atoms with E-state index < -0.39 is 0 Å². The number of benzene rings is 3. The summed E-state index contributed by atoms with van der Waals surface area (Å²) in [6.07, 6.45) is 0. The van der Waals surface area contributed by atoms with Crippen LogP contribution in [0.15, 0.2) is 60.7 Å². The lowest BCUT2D eigenvalue weighted by Crippen LogP contribution is -2.13. The van der Waals surface area contributed by atoms with Crippen molar-refractivity contribution in [2.45, 2.75) is 0 Å². The molecule has 0 fully saturated rings. The summed E-state index contributed by atoms with van der Waals surface area (Å²) >= 11 is 0. The Hall–Kier alpha value is -3.54. The average molecular weight is 322 g/mol. The van der Waals surface area contributed by atoms with Gasteiger partial charge in [-0.15, -0.1) is 0 Å². The topological polar surface area (TPSA) is 122 Å². The number of nitrogen functional groups attached to an aromatic ring is 3. The number of rotatable bonds is 3. The van der Waals surface area contributed by atoms with E-state index >= 15 is 0 Å². The lowest BCUT2D eigenvalue weighted by Gasteiger charge is -2.27. The fourth-order valence-corrected chi connectivity index (χ4v) is 2.52. The molecule has 8 N–H and O–H groups in total. The highest BCUT2D eigenvalue weighted by Crippen LogP contribution is 2.41. The van der Waals surface area contributed by atoms with Crippen LogP contribution in [0.1, 0.15) is 0 Å². The van der Waals surface area contributed by atoms with Crippen LogP contribution in [0.25, 0.3) is 0 Å². The van der Waals surface area contributed by atoms with Crippen molar-refractivity contribution in [2.75, 3.05) is 22.1 Å². The molecule has 0 bridgehead atoms. The molecule has 3 aromatic rings. The van der Waals surface area contributed by atoms with E-state index in [4.69, 9.17) is 17.2 Å². The van der Waals surface area contributed by atoms with E-state index in [0.29, 0.717) is 34.1 Å². The van der Waals surface area contributed by atoms with Crippen LogP contribution in [0.3, 0.4) is 0 Å². The molecule has 3 rings (SSSR count). The molecule has 3 aromatic carbocycles. The first-order chi connectivity index (χ1) is 11.5. The van der Waals surface area contributed by atoms with Crippen molar-refractivity contribution in [2.24, 2.45) is 0 Å². The molecule has 0 saturated heterocycles. The summed E-state index contributed by atoms with van der Waals surface area (Å²) in [5.41, 5.74) is 21.0. The summed E-state index contributed by atoms with van der Waals surface area (Å²) in [7, 11) is 0. The lowest BCUT2D eigenvalue weighted by molar-refractivity contribution is 0.475. The van der Waals surface area contributed by atoms with Gasteiger partial charge in [-0.05, 0) is 36.4 Å². The molecule has 0 aromatic heterocycles. The van der Waals surface area contributed by atoms with Gasteiger partial charge in [-0.3, -0.25) is 0 Å². The van der Waals surface area contributed by atoms with Crippen molar-refractivity contribution in [3.63, 3.8) is 0 Å². The maximum Gasteiger partial charge on any atom is 0.117 e. The van der Waals surface area contributed by atoms with Gasteiger partial charge in [0.25, 0.3) is 0 Å². The van der Waals surface area contributed by atoms with Gasteiger partial charge in [0.1, 0.15) is 11.5 Å². The van der Waals surface area contributed by atoms with Gasteiger partial charge in [-0.2, -0.15) is 0 Å². The molecule has 0 heterocycles. The first-order valence-corrected chi connectivity index (χ1v) is 7.28. The number of nitrogens with two attached hydrogens (primary N) is 3. The minimum Gasteiger partial charge on any atom is -0.508 e. The van der Waals surface area contributed by atoms with Gasteiger partial charge in [-0.25, -0.2) is 0 Å². The standard InChI is InChI=1S/C18H18N4O2/c19-15-9-17(21)18(10-16(15)20)22(11-3-1-5-13(23)7-11)12-4-2-6-14(24)8-12/h1-10,23-24H,19-21H2. The Balaban J connectivity index is 2.25. The van der Waals surface area contributed by atoms with E-state index in [2.05, 4.69) is 0 Å². The summed E-state index contributed by atoms with van der Waals surface area (Å²) in [4.78, 5) is 1.78. The number of phenols is 2. The zero-order valence-corrected chi connectivity index (χ0v) is 12.8. The average Bonchev–Trinajstić information content (AvgIpc) is 2.53. The maximum atomic E-state index is 9.83. The minimum atomic E-state index is 0.111. The predicted molar refractivity (Wildman–Crippen MR) is 97.7 cm³/mol. The third-order valence-corrected chi connectivity index (χ3v) is 3.65. The van der Waals surface area contributed by atoms with Crippen LogP contribution in [0, 0.1) is 0 Å². The van der Waals surface area contributed by atoms with Crippen molar-refractivity contribution in [1.29, 1.82) is 0 Å². The first kappa shape index (κ1) is 15.4. The van der Waals surface area contributed by atoms with Crippen molar-refractivity contribution in [3.8, 4) is 11.5 Å². The fraction of sp³-hybridized carbons (Fsp3) is 0. The summed E-state index contributed by atoms with van der Waals surface area (Å²) in [6, 6.07) is 16.7. The molecule has 0 saturated carbocycles. The van der Waals surface area contributed by atoms with E-state index in [1.165, 1.54) is 0 Å². The molecule has 0 unspecified atom stereocenters. The molecule has 0 radical (unpaired) electrons. The Bertz CT molecular complexity index is 850. The largest absolute Gasteiger partial charge is 0.508 e. The molecule has 24 heavy (non-hydrogen) atoms. The van der Waals surface area contributed by atoms with E-state index in [1.54, 1.807) is 53.4 Å². The second kappa shape index (κ2) is 5.92. The summed E-state index contributed by atoms with van der Waals surface area (Å²) in [6.45, 7) is 0. The number of phenolic OH excluding ortho intramolecular Hbond substituents is 2. The van der Waals surface area contributed by atoms with Gasteiger partial charge in [0, 0.05) is 23.5 Å². The van der Waals surface area contributed by atoms with E-state index in [1.807, 2.05) is 12.1 Å². The molecule has 0 aliphatic rings. The highest BCUT2D eigenvalue weighted by molar-refractivity contribution is 5.89. The van der Waals surface area contributed by atoms with Gasteiger partial charge in [0.05, 0.1) is 22.7 Å². The van der Waals surface area contributed by atoms with Crippen molar-refractivity contribution < 1.29 is 10.2 Å². The van der Waals surface area contributed by atoms with Crippen LogP contribution >= 0.6 is 0 Å². The third kappa shape index (κ3) is 2.85. The van der Waals surface area contributed by atoms with Gasteiger partial charge in [-0.1, -0.05) is 12.1 Å². The molecule has 0 aliphatic heterocycles. The molecule has 6 nitrogen and oxygen atoms in total. The molecule has 0 atom stereocenters. The summed E-state index contributed by atoms with van der Waals surface area (Å²) in [5, 5.41) is 19.7. The number of aromatic hydroxyl groups is 2. The summed E-state index contributed by atoms with van der Waals surface area (Å²) < 4.78 is 0. The molecule has 6 heteroatoms. The number of anilines is 6. The predicted octanol–water partition coefficient (Wildman–Crippen LogP) is 3.31. The molecular formula is C18H18N4O2. The van der Waals surface area contributed by atoms with Gasteiger partial charge >= 0.3 is 0 Å². The monoisotopic (exact) mass is 322 g/mol. The Morgan fingerprint density at radius 1 is 0.625 bits per heavy atom. The van der Waals surface area contributed by atoms with Crippen molar-refractivity contribution in [3.05, 3.63) is 60.7 Å². The van der Waals surface area contributed by atoms with Gasteiger partial charge in [0.2, 0.25) is 0 Å². The Morgan fingerprint density at radius 3 is 1.62 bits per heavy atom. The van der Waals surface area contributed by atoms with Crippen LogP contribution in [-0.2, 0) is 0 Å². The molecule has 0 spiro atoms. The SMILES string of the molecule is Nc1cc(N)c(N(c2cccc(O)c2)c2cccc(O)c2)cc1N. The molecule has 122 valence electrons. The van der Waals surface area contributed by atoms with E-state index in [-0.39, 0.29) is 11.5 Å². The minimum absolute atomic E-state index is 0.111. The second-order valence-corrected chi connectivity index (χ2v) is 5.42. The Labute approximate surface area is 139 Å². The Kier molecular flexibility index (Phi) is 3.79. The molecular weight excluding hydrogens is 304 g/mol. The number of hydrogen-bond donors (Lipinski definition) is 5. The smallest absolute Gasteiger partial charge is 0.117 e.